The van der Waals surface area contributed by atoms with E-state index in [1.807, 2.05) is 19.1 Å². The third kappa shape index (κ3) is 3.13. The van der Waals surface area contributed by atoms with Crippen LogP contribution >= 0.6 is 0 Å². The number of aliphatic hydroxyl groups excluding tert-OH is 1. The normalized spacial score (nSPS) is 22.3. The zero-order chi connectivity index (χ0) is 21.7. The SMILES string of the molecule is CC(C)CCC1(C)C(=O)C(C2=NS(=O)(=O)c3ccccc3N2)=C(O)c2ccccc21. The van der Waals surface area contributed by atoms with Gasteiger partial charge < -0.3 is 10.4 Å². The highest BCUT2D eigenvalue weighted by Gasteiger charge is 2.46. The Balaban J connectivity index is 1.90. The van der Waals surface area contributed by atoms with Gasteiger partial charge in [-0.15, -0.1) is 4.40 Å². The summed E-state index contributed by atoms with van der Waals surface area (Å²) in [5, 5.41) is 14.0. The minimum absolute atomic E-state index is 0.0417. The summed E-state index contributed by atoms with van der Waals surface area (Å²) in [5.74, 6) is -0.331. The summed E-state index contributed by atoms with van der Waals surface area (Å²) in [4.78, 5) is 13.8. The standard InChI is InChI=1S/C23H24N2O4S/c1-14(2)12-13-23(3)16-9-5-4-8-15(16)20(26)19(21(23)27)22-24-17-10-6-7-11-18(17)30(28,29)25-22/h4-11,14,26H,12-13H2,1-3H3,(H,24,25). The number of Topliss-reactive ketones (excluding diaryl/α,β-unsaturated/α-hetero) is 1. The highest BCUT2D eigenvalue weighted by atomic mass is 32.2. The summed E-state index contributed by atoms with van der Waals surface area (Å²) < 4.78 is 29.3. The van der Waals surface area contributed by atoms with Crippen LogP contribution < -0.4 is 5.32 Å². The molecule has 0 aromatic heterocycles. The van der Waals surface area contributed by atoms with E-state index in [0.717, 1.165) is 12.0 Å². The first-order valence-corrected chi connectivity index (χ1v) is 11.4. The number of carbonyl (C=O) groups excluding carboxylic acids is 1. The molecule has 0 amide bonds. The summed E-state index contributed by atoms with van der Waals surface area (Å²) in [6.07, 6.45) is 1.39. The van der Waals surface area contributed by atoms with Crippen LogP contribution in [-0.2, 0) is 20.2 Å². The van der Waals surface area contributed by atoms with Crippen molar-refractivity contribution in [2.45, 2.75) is 43.9 Å². The summed E-state index contributed by atoms with van der Waals surface area (Å²) in [5.41, 5.74) is 0.625. The zero-order valence-corrected chi connectivity index (χ0v) is 18.0. The molecule has 2 aromatic rings. The maximum Gasteiger partial charge on any atom is 0.286 e. The fourth-order valence-corrected chi connectivity index (χ4v) is 5.20. The predicted octanol–water partition coefficient (Wildman–Crippen LogP) is 4.45. The molecule has 7 heteroatoms. The molecule has 30 heavy (non-hydrogen) atoms. The van der Waals surface area contributed by atoms with E-state index in [0.29, 0.717) is 23.6 Å². The van der Waals surface area contributed by atoms with E-state index in [2.05, 4.69) is 23.6 Å². The second-order valence-corrected chi connectivity index (χ2v) is 9.97. The van der Waals surface area contributed by atoms with Gasteiger partial charge in [-0.2, -0.15) is 8.42 Å². The number of ketones is 1. The molecule has 4 rings (SSSR count). The Kier molecular flexibility index (Phi) is 4.81. The lowest BCUT2D eigenvalue weighted by atomic mass is 9.66. The van der Waals surface area contributed by atoms with Gasteiger partial charge in [0.05, 0.1) is 11.1 Å². The Labute approximate surface area is 176 Å². The van der Waals surface area contributed by atoms with E-state index < -0.39 is 15.4 Å². The molecule has 2 aliphatic rings. The molecule has 1 aliphatic heterocycles. The molecule has 156 valence electrons. The Morgan fingerprint density at radius 1 is 1.10 bits per heavy atom. The number of rotatable bonds is 4. The Bertz CT molecular complexity index is 1210. The number of carbonyl (C=O) groups is 1. The van der Waals surface area contributed by atoms with Crippen LogP contribution in [0.3, 0.4) is 0 Å². The van der Waals surface area contributed by atoms with Crippen LogP contribution in [0.4, 0.5) is 5.69 Å². The molecule has 2 aromatic carbocycles. The number of benzene rings is 2. The van der Waals surface area contributed by atoms with Crippen molar-refractivity contribution >= 4 is 33.1 Å². The summed E-state index contributed by atoms with van der Waals surface area (Å²) in [6, 6.07) is 13.6. The molecule has 6 nitrogen and oxygen atoms in total. The van der Waals surface area contributed by atoms with Crippen molar-refractivity contribution in [1.29, 1.82) is 0 Å². The number of fused-ring (bicyclic) bond motifs is 2. The molecule has 1 unspecified atom stereocenters. The van der Waals surface area contributed by atoms with E-state index in [-0.39, 0.29) is 27.8 Å². The van der Waals surface area contributed by atoms with Crippen molar-refractivity contribution in [1.82, 2.24) is 0 Å². The number of nitrogens with one attached hydrogen (secondary N) is 1. The smallest absolute Gasteiger partial charge is 0.286 e. The van der Waals surface area contributed by atoms with Gasteiger partial charge in [0.25, 0.3) is 10.0 Å². The van der Waals surface area contributed by atoms with Crippen LogP contribution in [0.2, 0.25) is 0 Å². The molecule has 0 radical (unpaired) electrons. The highest BCUT2D eigenvalue weighted by molar-refractivity contribution is 7.90. The molecule has 0 fully saturated rings. The van der Waals surface area contributed by atoms with E-state index in [1.165, 1.54) is 6.07 Å². The van der Waals surface area contributed by atoms with Gasteiger partial charge in [-0.25, -0.2) is 0 Å². The van der Waals surface area contributed by atoms with Crippen molar-refractivity contribution < 1.29 is 18.3 Å². The summed E-state index contributed by atoms with van der Waals surface area (Å²) >= 11 is 0. The third-order valence-corrected chi connectivity index (χ3v) is 7.16. The number of amidine groups is 1. The van der Waals surface area contributed by atoms with Crippen molar-refractivity contribution in [3.63, 3.8) is 0 Å². The maximum atomic E-state index is 13.7. The van der Waals surface area contributed by atoms with Gasteiger partial charge in [-0.05, 0) is 43.4 Å². The van der Waals surface area contributed by atoms with Gasteiger partial charge >= 0.3 is 0 Å². The van der Waals surface area contributed by atoms with Gasteiger partial charge in [0.1, 0.15) is 16.2 Å². The monoisotopic (exact) mass is 424 g/mol. The number of anilines is 1. The first-order valence-electron chi connectivity index (χ1n) is 9.94. The Morgan fingerprint density at radius 2 is 1.77 bits per heavy atom. The van der Waals surface area contributed by atoms with Crippen molar-refractivity contribution in [3.8, 4) is 0 Å². The number of hydrogen-bond donors (Lipinski definition) is 2. The summed E-state index contributed by atoms with van der Waals surface area (Å²) in [7, 11) is -4.00. The fourth-order valence-electron chi connectivity index (χ4n) is 4.08. The molecule has 0 saturated heterocycles. The van der Waals surface area contributed by atoms with Gasteiger partial charge in [-0.3, -0.25) is 4.79 Å². The van der Waals surface area contributed by atoms with Crippen molar-refractivity contribution in [3.05, 3.63) is 65.2 Å². The number of para-hydroxylation sites is 1. The molecule has 1 aliphatic carbocycles. The van der Waals surface area contributed by atoms with E-state index >= 15 is 0 Å². The fraction of sp³-hybridized carbons (Fsp3) is 0.304. The van der Waals surface area contributed by atoms with E-state index in [1.54, 1.807) is 30.3 Å². The number of aliphatic hydroxyl groups is 1. The number of nitrogens with zero attached hydrogens (tertiary/aromatic N) is 1. The lowest BCUT2D eigenvalue weighted by molar-refractivity contribution is -0.120. The lowest BCUT2D eigenvalue weighted by Crippen LogP contribution is -2.42. The Morgan fingerprint density at radius 3 is 2.50 bits per heavy atom. The highest BCUT2D eigenvalue weighted by Crippen LogP contribution is 2.44. The number of sulfonamides is 1. The second kappa shape index (κ2) is 7.09. The van der Waals surface area contributed by atoms with E-state index in [4.69, 9.17) is 0 Å². The molecular formula is C23H24N2O4S. The molecule has 0 bridgehead atoms. The van der Waals surface area contributed by atoms with Crippen molar-refractivity contribution in [2.75, 3.05) is 5.32 Å². The molecule has 1 heterocycles. The average molecular weight is 425 g/mol. The first kappa shape index (κ1) is 20.3. The molecule has 0 saturated carbocycles. The van der Waals surface area contributed by atoms with Gasteiger partial charge in [0.15, 0.2) is 11.6 Å². The molecule has 0 spiro atoms. The molecule has 1 atom stereocenters. The van der Waals surface area contributed by atoms with Gasteiger partial charge in [0.2, 0.25) is 0 Å². The average Bonchev–Trinajstić information content (AvgIpc) is 2.71. The predicted molar refractivity (Wildman–Crippen MR) is 117 cm³/mol. The van der Waals surface area contributed by atoms with Gasteiger partial charge in [0, 0.05) is 5.56 Å². The Hall–Kier alpha value is -2.93. The molecule has 2 N–H and O–H groups in total. The quantitative estimate of drug-likeness (QED) is 0.756. The summed E-state index contributed by atoms with van der Waals surface area (Å²) in [6.45, 7) is 6.04. The second-order valence-electron chi connectivity index (χ2n) is 8.40. The molecular weight excluding hydrogens is 400 g/mol. The zero-order valence-electron chi connectivity index (χ0n) is 17.1. The topological polar surface area (TPSA) is 95.8 Å². The maximum absolute atomic E-state index is 13.7. The third-order valence-electron chi connectivity index (χ3n) is 5.83. The van der Waals surface area contributed by atoms with Crippen LogP contribution in [0.1, 0.15) is 44.7 Å². The van der Waals surface area contributed by atoms with E-state index in [9.17, 15) is 18.3 Å². The lowest BCUT2D eigenvalue weighted by Gasteiger charge is -2.36. The van der Waals surface area contributed by atoms with Crippen molar-refractivity contribution in [2.24, 2.45) is 10.3 Å². The minimum Gasteiger partial charge on any atom is -0.506 e. The largest absolute Gasteiger partial charge is 0.506 e. The van der Waals surface area contributed by atoms with Crippen LogP contribution in [-0.4, -0.2) is 25.1 Å². The first-order chi connectivity index (χ1) is 14.1. The number of hydrogen-bond acceptors (Lipinski definition) is 5. The van der Waals surface area contributed by atoms with Crippen LogP contribution in [0.15, 0.2) is 63.4 Å². The van der Waals surface area contributed by atoms with Crippen LogP contribution in [0.5, 0.6) is 0 Å². The van der Waals surface area contributed by atoms with Crippen LogP contribution in [0, 0.1) is 5.92 Å². The minimum atomic E-state index is -4.00. The van der Waals surface area contributed by atoms with Gasteiger partial charge in [-0.1, -0.05) is 50.2 Å². The van der Waals surface area contributed by atoms with Crippen LogP contribution in [0.25, 0.3) is 5.76 Å².